The van der Waals surface area contributed by atoms with Gasteiger partial charge in [-0.1, -0.05) is 182 Å². The Bertz CT molecular complexity index is 3380. The Balaban J connectivity index is 1.08. The van der Waals surface area contributed by atoms with Gasteiger partial charge in [0.2, 0.25) is 0 Å². The van der Waals surface area contributed by atoms with Crippen LogP contribution in [0.5, 0.6) is 0 Å². The van der Waals surface area contributed by atoms with Gasteiger partial charge in [0.1, 0.15) is 12.1 Å². The molecule has 1 aliphatic heterocycles. The summed E-state index contributed by atoms with van der Waals surface area (Å²) in [5.41, 5.74) is 15.8. The van der Waals surface area contributed by atoms with E-state index in [0.717, 1.165) is 55.9 Å². The van der Waals surface area contributed by atoms with Gasteiger partial charge in [0.25, 0.3) is 0 Å². The highest BCUT2D eigenvalue weighted by atomic mass is 15.2. The van der Waals surface area contributed by atoms with E-state index < -0.39 is 5.41 Å². The number of para-hydroxylation sites is 2. The van der Waals surface area contributed by atoms with E-state index in [4.69, 9.17) is 15.0 Å². The molecule has 0 N–H and O–H groups in total. The maximum atomic E-state index is 11.2. The van der Waals surface area contributed by atoms with Crippen molar-refractivity contribution in [3.63, 3.8) is 0 Å². The van der Waals surface area contributed by atoms with Crippen LogP contribution in [0, 0.1) is 22.7 Å². The van der Waals surface area contributed by atoms with E-state index in [-0.39, 0.29) is 0 Å². The predicted molar refractivity (Wildman–Crippen MR) is 262 cm³/mol. The number of nitrogens with zero attached hydrogens (tertiary/aromatic N) is 6. The van der Waals surface area contributed by atoms with Crippen molar-refractivity contribution in [1.29, 1.82) is 10.5 Å². The van der Waals surface area contributed by atoms with Gasteiger partial charge in [-0.05, 0) is 92.0 Å². The fraction of sp³-hybridized carbons (Fsp3) is 0.0167. The van der Waals surface area contributed by atoms with Crippen LogP contribution in [0.3, 0.4) is 0 Å². The van der Waals surface area contributed by atoms with Crippen molar-refractivity contribution in [2.24, 2.45) is 0 Å². The molecule has 0 unspecified atom stereocenters. The molecule has 0 amide bonds. The molecule has 1 spiro atoms. The second kappa shape index (κ2) is 15.5. The molecule has 0 saturated carbocycles. The summed E-state index contributed by atoms with van der Waals surface area (Å²) < 4.78 is 0. The topological polar surface area (TPSA) is 89.5 Å². The van der Waals surface area contributed by atoms with Crippen LogP contribution in [0.4, 0.5) is 17.1 Å². The van der Waals surface area contributed by atoms with E-state index in [9.17, 15) is 10.5 Å². The lowest BCUT2D eigenvalue weighted by Crippen LogP contribution is -2.36. The Hall–Kier alpha value is -9.23. The minimum atomic E-state index is -0.731. The maximum absolute atomic E-state index is 11.2. The number of hydrogen-bond acceptors (Lipinski definition) is 6. The van der Waals surface area contributed by atoms with Gasteiger partial charge in [0, 0.05) is 16.7 Å². The summed E-state index contributed by atoms with van der Waals surface area (Å²) in [6.45, 7) is 0. The largest absolute Gasteiger partial charge is 0.307 e. The van der Waals surface area contributed by atoms with E-state index in [1.807, 2.05) is 72.8 Å². The summed E-state index contributed by atoms with van der Waals surface area (Å²) in [6, 6.07) is 79.9. The van der Waals surface area contributed by atoms with Crippen molar-refractivity contribution in [2.45, 2.75) is 5.41 Å². The molecular weight excluding hydrogens is 805 g/mol. The quantitative estimate of drug-likeness (QED) is 0.166. The Morgan fingerprint density at radius 2 is 0.697 bits per heavy atom. The molecule has 0 bridgehead atoms. The number of anilines is 3. The van der Waals surface area contributed by atoms with Gasteiger partial charge in [-0.3, -0.25) is 0 Å². The Kier molecular flexibility index (Phi) is 9.05. The summed E-state index contributed by atoms with van der Waals surface area (Å²) in [4.78, 5) is 16.9. The van der Waals surface area contributed by atoms with Crippen molar-refractivity contribution in [2.75, 3.05) is 4.90 Å². The lowest BCUT2D eigenvalue weighted by Gasteiger charge is -2.45. The summed E-state index contributed by atoms with van der Waals surface area (Å²) in [5.74, 6) is 1.35. The molecule has 2 heterocycles. The first-order valence-corrected chi connectivity index (χ1v) is 21.9. The lowest BCUT2D eigenvalue weighted by atomic mass is 9.64. The average Bonchev–Trinajstić information content (AvgIpc) is 3.68. The smallest absolute Gasteiger partial charge is 0.164 e. The first-order valence-electron chi connectivity index (χ1n) is 21.9. The summed E-state index contributed by atoms with van der Waals surface area (Å²) in [6.07, 6.45) is 0. The Morgan fingerprint density at radius 1 is 0.333 bits per heavy atom. The molecule has 0 fully saturated rings. The molecular formula is C60H36N6. The van der Waals surface area contributed by atoms with Gasteiger partial charge >= 0.3 is 0 Å². The highest BCUT2D eigenvalue weighted by Crippen LogP contribution is 2.64. The molecule has 12 rings (SSSR count). The molecule has 10 aromatic rings. The molecule has 66 heavy (non-hydrogen) atoms. The fourth-order valence-electron chi connectivity index (χ4n) is 10.1. The second-order valence-electron chi connectivity index (χ2n) is 16.6. The van der Waals surface area contributed by atoms with Gasteiger partial charge in [0.15, 0.2) is 17.5 Å². The van der Waals surface area contributed by atoms with Crippen molar-refractivity contribution < 1.29 is 0 Å². The first-order chi connectivity index (χ1) is 32.6. The monoisotopic (exact) mass is 840 g/mol. The van der Waals surface area contributed by atoms with Crippen LogP contribution < -0.4 is 4.90 Å². The molecule has 6 nitrogen and oxygen atoms in total. The van der Waals surface area contributed by atoms with E-state index in [0.29, 0.717) is 39.9 Å². The molecule has 306 valence electrons. The molecule has 6 heteroatoms. The zero-order chi connectivity index (χ0) is 44.2. The second-order valence-corrected chi connectivity index (χ2v) is 16.6. The van der Waals surface area contributed by atoms with Gasteiger partial charge < -0.3 is 4.90 Å². The Labute approximate surface area is 382 Å². The third-order valence-electron chi connectivity index (χ3n) is 13.0. The van der Waals surface area contributed by atoms with Crippen LogP contribution in [0.25, 0.3) is 67.5 Å². The van der Waals surface area contributed by atoms with Gasteiger partial charge in [-0.15, -0.1) is 0 Å². The predicted octanol–water partition coefficient (Wildman–Crippen LogP) is 14.1. The average molecular weight is 841 g/mol. The summed E-state index contributed by atoms with van der Waals surface area (Å²) >= 11 is 0. The van der Waals surface area contributed by atoms with Gasteiger partial charge in [-0.25, -0.2) is 15.0 Å². The van der Waals surface area contributed by atoms with Gasteiger partial charge in [0.05, 0.1) is 33.6 Å². The number of rotatable bonds is 6. The molecule has 2 aliphatic rings. The van der Waals surface area contributed by atoms with E-state index >= 15 is 0 Å². The van der Waals surface area contributed by atoms with E-state index in [1.54, 1.807) is 12.1 Å². The zero-order valence-corrected chi connectivity index (χ0v) is 35.5. The molecule has 9 aromatic carbocycles. The van der Waals surface area contributed by atoms with Crippen LogP contribution in [-0.2, 0) is 5.41 Å². The maximum Gasteiger partial charge on any atom is 0.164 e. The molecule has 0 atom stereocenters. The number of fused-ring (bicyclic) bond motifs is 9. The Morgan fingerprint density at radius 3 is 1.11 bits per heavy atom. The standard InChI is InChI=1S/C60H36N6/c61-37-46-33-45(59-64-57(41-21-9-3-10-22-41)63-58(65-59)42-23-11-4-12-24-42)34-47(38-62)56(46)66-54-27-15-13-25-52(54)60(53-26-14-16-28-55(53)66)50-31-29-43(39-17-5-1-6-18-39)35-48(50)49-36-44(30-32-51(49)60)40-19-7-2-8-20-40/h1-36H. The lowest BCUT2D eigenvalue weighted by molar-refractivity contribution is 0.752. The van der Waals surface area contributed by atoms with E-state index in [2.05, 4.69) is 150 Å². The number of nitriles is 2. The molecule has 1 aliphatic carbocycles. The van der Waals surface area contributed by atoms with Crippen molar-refractivity contribution in [3.8, 4) is 79.7 Å². The van der Waals surface area contributed by atoms with Crippen molar-refractivity contribution >= 4 is 17.1 Å². The van der Waals surface area contributed by atoms with Crippen LogP contribution in [0.2, 0.25) is 0 Å². The van der Waals surface area contributed by atoms with Crippen molar-refractivity contribution in [1.82, 2.24) is 15.0 Å². The van der Waals surface area contributed by atoms with Crippen LogP contribution in [0.1, 0.15) is 33.4 Å². The van der Waals surface area contributed by atoms with Crippen LogP contribution >= 0.6 is 0 Å². The molecule has 0 radical (unpaired) electrons. The van der Waals surface area contributed by atoms with E-state index in [1.165, 1.54) is 22.3 Å². The van der Waals surface area contributed by atoms with Crippen LogP contribution in [-0.4, -0.2) is 15.0 Å². The summed E-state index contributed by atoms with van der Waals surface area (Å²) in [7, 11) is 0. The minimum Gasteiger partial charge on any atom is -0.307 e. The normalized spacial score (nSPS) is 12.6. The number of hydrogen-bond donors (Lipinski definition) is 0. The highest BCUT2D eigenvalue weighted by molar-refractivity contribution is 5.99. The third-order valence-corrected chi connectivity index (χ3v) is 13.0. The summed E-state index contributed by atoms with van der Waals surface area (Å²) in [5, 5.41) is 22.3. The SMILES string of the molecule is N#Cc1cc(-c2nc(-c3ccccc3)nc(-c3ccccc3)n2)cc(C#N)c1N1c2ccccc2C2(c3ccc(-c4ccccc4)cc3-c3cc(-c4ccccc4)ccc32)c2ccccc21. The third kappa shape index (κ3) is 5.98. The fourth-order valence-corrected chi connectivity index (χ4v) is 10.1. The molecule has 1 aromatic heterocycles. The highest BCUT2D eigenvalue weighted by Gasteiger charge is 2.52. The van der Waals surface area contributed by atoms with Gasteiger partial charge in [-0.2, -0.15) is 10.5 Å². The van der Waals surface area contributed by atoms with Crippen LogP contribution in [0.15, 0.2) is 218 Å². The first kappa shape index (κ1) is 38.4. The number of benzene rings is 9. The molecule has 0 saturated heterocycles. The minimum absolute atomic E-state index is 0.319. The van der Waals surface area contributed by atoms with Crippen molar-refractivity contribution in [3.05, 3.63) is 252 Å². The zero-order valence-electron chi connectivity index (χ0n) is 35.5. The number of aromatic nitrogens is 3.